The molecule has 1 N–H and O–H groups in total. The predicted octanol–water partition coefficient (Wildman–Crippen LogP) is 2.61. The molecule has 1 amide bonds. The van der Waals surface area contributed by atoms with Gasteiger partial charge in [0.2, 0.25) is 0 Å². The SMILES string of the molecule is CCC(NC(=O)c1nccn1C)c1ccc(C)cc1. The number of carbonyl (C=O) groups excluding carboxylic acids is 1. The minimum Gasteiger partial charge on any atom is -0.343 e. The number of carbonyl (C=O) groups is 1. The number of aromatic nitrogens is 2. The first-order valence-electron chi connectivity index (χ1n) is 6.46. The van der Waals surface area contributed by atoms with Crippen LogP contribution >= 0.6 is 0 Å². The van der Waals surface area contributed by atoms with Crippen molar-refractivity contribution < 1.29 is 4.79 Å². The maximum atomic E-state index is 12.1. The highest BCUT2D eigenvalue weighted by atomic mass is 16.2. The van der Waals surface area contributed by atoms with Gasteiger partial charge in [0.15, 0.2) is 5.82 Å². The smallest absolute Gasteiger partial charge is 0.287 e. The lowest BCUT2D eigenvalue weighted by molar-refractivity contribution is 0.0922. The number of aryl methyl sites for hydroxylation is 2. The summed E-state index contributed by atoms with van der Waals surface area (Å²) in [5.74, 6) is 0.297. The summed E-state index contributed by atoms with van der Waals surface area (Å²) in [5.41, 5.74) is 2.34. The van der Waals surface area contributed by atoms with Gasteiger partial charge in [-0.15, -0.1) is 0 Å². The van der Waals surface area contributed by atoms with E-state index in [2.05, 4.69) is 48.4 Å². The Balaban J connectivity index is 2.13. The average molecular weight is 257 g/mol. The molecule has 0 bridgehead atoms. The molecule has 0 spiro atoms. The van der Waals surface area contributed by atoms with Gasteiger partial charge in [-0.25, -0.2) is 4.98 Å². The van der Waals surface area contributed by atoms with E-state index >= 15 is 0 Å². The van der Waals surface area contributed by atoms with Crippen molar-refractivity contribution in [2.75, 3.05) is 0 Å². The lowest BCUT2D eigenvalue weighted by Crippen LogP contribution is -2.30. The van der Waals surface area contributed by atoms with Crippen LogP contribution in [-0.2, 0) is 7.05 Å². The van der Waals surface area contributed by atoms with Crippen molar-refractivity contribution in [1.29, 1.82) is 0 Å². The summed E-state index contributed by atoms with van der Waals surface area (Å²) in [7, 11) is 1.81. The molecule has 0 fully saturated rings. The number of benzene rings is 1. The Hall–Kier alpha value is -2.10. The summed E-state index contributed by atoms with van der Waals surface area (Å²) in [5, 5.41) is 3.02. The van der Waals surface area contributed by atoms with E-state index in [4.69, 9.17) is 0 Å². The zero-order chi connectivity index (χ0) is 13.8. The van der Waals surface area contributed by atoms with Crippen LogP contribution < -0.4 is 5.32 Å². The van der Waals surface area contributed by atoms with E-state index in [1.807, 2.05) is 7.05 Å². The number of hydrogen-bond acceptors (Lipinski definition) is 2. The Morgan fingerprint density at radius 3 is 2.58 bits per heavy atom. The third-order valence-electron chi connectivity index (χ3n) is 3.22. The van der Waals surface area contributed by atoms with Crippen LogP contribution in [0.15, 0.2) is 36.7 Å². The molecule has 0 radical (unpaired) electrons. The van der Waals surface area contributed by atoms with Gasteiger partial charge in [-0.05, 0) is 18.9 Å². The Bertz CT molecular complexity index is 557. The predicted molar refractivity (Wildman–Crippen MR) is 74.9 cm³/mol. The minimum absolute atomic E-state index is 0.0183. The molecular weight excluding hydrogens is 238 g/mol. The standard InChI is InChI=1S/C15H19N3O/c1-4-13(12-7-5-11(2)6-8-12)17-15(19)14-16-9-10-18(14)3/h5-10,13H,4H2,1-3H3,(H,17,19). The fourth-order valence-electron chi connectivity index (χ4n) is 2.03. The van der Waals surface area contributed by atoms with Crippen molar-refractivity contribution in [1.82, 2.24) is 14.9 Å². The second-order valence-electron chi connectivity index (χ2n) is 4.71. The molecule has 1 aromatic heterocycles. The first-order chi connectivity index (χ1) is 9.11. The maximum Gasteiger partial charge on any atom is 0.287 e. The quantitative estimate of drug-likeness (QED) is 0.915. The fraction of sp³-hybridized carbons (Fsp3) is 0.333. The molecule has 2 aromatic rings. The van der Waals surface area contributed by atoms with Gasteiger partial charge in [-0.1, -0.05) is 36.8 Å². The molecule has 1 atom stereocenters. The van der Waals surface area contributed by atoms with Crippen molar-refractivity contribution in [3.63, 3.8) is 0 Å². The molecule has 0 saturated heterocycles. The van der Waals surface area contributed by atoms with Crippen LogP contribution in [0.25, 0.3) is 0 Å². The highest BCUT2D eigenvalue weighted by molar-refractivity contribution is 5.91. The van der Waals surface area contributed by atoms with Crippen molar-refractivity contribution in [2.45, 2.75) is 26.3 Å². The summed E-state index contributed by atoms with van der Waals surface area (Å²) in [6.07, 6.45) is 4.24. The van der Waals surface area contributed by atoms with Crippen LogP contribution in [-0.4, -0.2) is 15.5 Å². The summed E-state index contributed by atoms with van der Waals surface area (Å²) in [6, 6.07) is 8.25. The molecular formula is C15H19N3O. The molecule has 2 rings (SSSR count). The van der Waals surface area contributed by atoms with Gasteiger partial charge in [-0.2, -0.15) is 0 Å². The Labute approximate surface area is 113 Å². The minimum atomic E-state index is -0.139. The van der Waals surface area contributed by atoms with Crippen LogP contribution in [0.3, 0.4) is 0 Å². The highest BCUT2D eigenvalue weighted by Crippen LogP contribution is 2.17. The summed E-state index contributed by atoms with van der Waals surface area (Å²) in [6.45, 7) is 4.11. The van der Waals surface area contributed by atoms with E-state index in [9.17, 15) is 4.79 Å². The normalized spacial score (nSPS) is 12.2. The zero-order valence-corrected chi connectivity index (χ0v) is 11.6. The number of nitrogens with zero attached hydrogens (tertiary/aromatic N) is 2. The van der Waals surface area contributed by atoms with E-state index in [1.165, 1.54) is 5.56 Å². The second kappa shape index (κ2) is 5.69. The van der Waals surface area contributed by atoms with Crippen molar-refractivity contribution in [2.24, 2.45) is 7.05 Å². The molecule has 0 aliphatic heterocycles. The van der Waals surface area contributed by atoms with Gasteiger partial charge in [0.05, 0.1) is 6.04 Å². The fourth-order valence-corrected chi connectivity index (χ4v) is 2.03. The monoisotopic (exact) mass is 257 g/mol. The van der Waals surface area contributed by atoms with Crippen LogP contribution in [0, 0.1) is 6.92 Å². The summed E-state index contributed by atoms with van der Waals surface area (Å²) in [4.78, 5) is 16.2. The van der Waals surface area contributed by atoms with Gasteiger partial charge in [0.25, 0.3) is 5.91 Å². The first kappa shape index (κ1) is 13.3. The van der Waals surface area contributed by atoms with Crippen molar-refractivity contribution >= 4 is 5.91 Å². The second-order valence-corrected chi connectivity index (χ2v) is 4.71. The van der Waals surface area contributed by atoms with Gasteiger partial charge in [0, 0.05) is 19.4 Å². The van der Waals surface area contributed by atoms with Crippen LogP contribution in [0.4, 0.5) is 0 Å². The number of imidazole rings is 1. The molecule has 0 saturated carbocycles. The van der Waals surface area contributed by atoms with Gasteiger partial charge in [-0.3, -0.25) is 4.79 Å². The number of hydrogen-bond donors (Lipinski definition) is 1. The van der Waals surface area contributed by atoms with Gasteiger partial charge < -0.3 is 9.88 Å². The molecule has 4 heteroatoms. The van der Waals surface area contributed by atoms with E-state index in [0.29, 0.717) is 5.82 Å². The number of rotatable bonds is 4. The van der Waals surface area contributed by atoms with E-state index in [-0.39, 0.29) is 11.9 Å². The topological polar surface area (TPSA) is 46.9 Å². The number of nitrogens with one attached hydrogen (secondary N) is 1. The van der Waals surface area contributed by atoms with Gasteiger partial charge >= 0.3 is 0 Å². The first-order valence-corrected chi connectivity index (χ1v) is 6.46. The van der Waals surface area contributed by atoms with Gasteiger partial charge in [0.1, 0.15) is 0 Å². The third kappa shape index (κ3) is 3.02. The molecule has 100 valence electrons. The Morgan fingerprint density at radius 1 is 1.37 bits per heavy atom. The largest absolute Gasteiger partial charge is 0.343 e. The maximum absolute atomic E-state index is 12.1. The lowest BCUT2D eigenvalue weighted by Gasteiger charge is -2.17. The third-order valence-corrected chi connectivity index (χ3v) is 3.22. The van der Waals surface area contributed by atoms with Crippen LogP contribution in [0.1, 0.15) is 41.1 Å². The molecule has 1 heterocycles. The molecule has 1 unspecified atom stereocenters. The molecule has 4 nitrogen and oxygen atoms in total. The molecule has 0 aliphatic carbocycles. The highest BCUT2D eigenvalue weighted by Gasteiger charge is 2.16. The van der Waals surface area contributed by atoms with E-state index in [1.54, 1.807) is 17.0 Å². The summed E-state index contributed by atoms with van der Waals surface area (Å²) >= 11 is 0. The van der Waals surface area contributed by atoms with E-state index in [0.717, 1.165) is 12.0 Å². The molecule has 1 aromatic carbocycles. The van der Waals surface area contributed by atoms with Crippen molar-refractivity contribution in [3.8, 4) is 0 Å². The Kier molecular flexibility index (Phi) is 4.00. The average Bonchev–Trinajstić information content (AvgIpc) is 2.83. The van der Waals surface area contributed by atoms with Crippen molar-refractivity contribution in [3.05, 3.63) is 53.6 Å². The van der Waals surface area contributed by atoms with Crippen LogP contribution in [0.2, 0.25) is 0 Å². The zero-order valence-electron chi connectivity index (χ0n) is 11.6. The summed E-state index contributed by atoms with van der Waals surface area (Å²) < 4.78 is 1.72. The van der Waals surface area contributed by atoms with Crippen LogP contribution in [0.5, 0.6) is 0 Å². The number of amides is 1. The molecule has 19 heavy (non-hydrogen) atoms. The Morgan fingerprint density at radius 2 is 2.05 bits per heavy atom. The molecule has 0 aliphatic rings. The lowest BCUT2D eigenvalue weighted by atomic mass is 10.0. The van der Waals surface area contributed by atoms with E-state index < -0.39 is 0 Å².